The molecule has 1 saturated carbocycles. The number of amides is 4. The zero-order valence-electron chi connectivity index (χ0n) is 25.7. The number of carbonyl (C=O) groups excluding carboxylic acids is 4. The minimum Gasteiger partial charge on any atom is -0.326 e. The maximum atomic E-state index is 12.7. The molecule has 1 aliphatic carbocycles. The first-order chi connectivity index (χ1) is 22.2. The van der Waals surface area contributed by atoms with E-state index in [1.165, 1.54) is 13.8 Å². The zero-order chi connectivity index (χ0) is 32.5. The summed E-state index contributed by atoms with van der Waals surface area (Å²) in [4.78, 5) is 48.3. The third-order valence-electron chi connectivity index (χ3n) is 7.77. The van der Waals surface area contributed by atoms with Crippen LogP contribution in [-0.2, 0) is 32.0 Å². The van der Waals surface area contributed by atoms with Crippen LogP contribution >= 0.6 is 0 Å². The fourth-order valence-corrected chi connectivity index (χ4v) is 5.67. The van der Waals surface area contributed by atoms with Gasteiger partial charge in [0.1, 0.15) is 0 Å². The standard InChI is InChI=1S/C34H36N8O4/c1-21(43)35-27-12-5-3-8-25(27)19-33(45)37-31-16-14-29(39-41-31)23-10-7-11-24(18-23)30-15-17-32(42-40-30)38-34(46)20-26-9-4-6-13-28(26)36-22(2)44/h3-6,8-9,12-17,23-24H,7,10-11,18-20H2,1-2H3,(H,35,43)(H,36,44)(H,37,41,45)(H,38,42,46)/t23-,24-/m0/s1. The molecule has 0 unspecified atom stereocenters. The molecule has 2 aromatic carbocycles. The fourth-order valence-electron chi connectivity index (χ4n) is 5.67. The summed E-state index contributed by atoms with van der Waals surface area (Å²) in [5, 5.41) is 28.4. The molecule has 0 bridgehead atoms. The monoisotopic (exact) mass is 620 g/mol. The molecule has 0 spiro atoms. The van der Waals surface area contributed by atoms with Crippen molar-refractivity contribution in [1.29, 1.82) is 0 Å². The van der Waals surface area contributed by atoms with Crippen LogP contribution < -0.4 is 21.3 Å². The lowest BCUT2D eigenvalue weighted by Gasteiger charge is -2.28. The lowest BCUT2D eigenvalue weighted by molar-refractivity contribution is -0.116. The van der Waals surface area contributed by atoms with Crippen molar-refractivity contribution in [1.82, 2.24) is 20.4 Å². The number of benzene rings is 2. The summed E-state index contributed by atoms with van der Waals surface area (Å²) in [6.45, 7) is 2.85. The van der Waals surface area contributed by atoms with Crippen molar-refractivity contribution < 1.29 is 19.2 Å². The van der Waals surface area contributed by atoms with E-state index in [1.807, 2.05) is 24.3 Å². The fraction of sp³-hybridized carbons (Fsp3) is 0.294. The first-order valence-electron chi connectivity index (χ1n) is 15.2. The van der Waals surface area contributed by atoms with Crippen LogP contribution in [0.15, 0.2) is 72.8 Å². The van der Waals surface area contributed by atoms with Gasteiger partial charge in [0.25, 0.3) is 0 Å². The third-order valence-corrected chi connectivity index (χ3v) is 7.77. The predicted octanol–water partition coefficient (Wildman–Crippen LogP) is 4.99. The van der Waals surface area contributed by atoms with E-state index in [4.69, 9.17) is 0 Å². The summed E-state index contributed by atoms with van der Waals surface area (Å²) in [5.41, 5.74) is 4.32. The number of rotatable bonds is 10. The van der Waals surface area contributed by atoms with Crippen molar-refractivity contribution >= 4 is 46.6 Å². The highest BCUT2D eigenvalue weighted by Gasteiger charge is 2.27. The number of carbonyl (C=O) groups is 4. The molecule has 4 N–H and O–H groups in total. The van der Waals surface area contributed by atoms with Crippen molar-refractivity contribution in [3.8, 4) is 0 Å². The Hall–Kier alpha value is -5.52. The molecule has 4 amide bonds. The van der Waals surface area contributed by atoms with Gasteiger partial charge in [-0.25, -0.2) is 0 Å². The Morgan fingerprint density at radius 2 is 1.02 bits per heavy atom. The summed E-state index contributed by atoms with van der Waals surface area (Å²) in [6.07, 6.45) is 3.94. The van der Waals surface area contributed by atoms with Gasteiger partial charge in [-0.15, -0.1) is 10.2 Å². The Morgan fingerprint density at radius 3 is 1.41 bits per heavy atom. The van der Waals surface area contributed by atoms with Crippen LogP contribution in [0.1, 0.15) is 73.9 Å². The number of para-hydroxylation sites is 2. The number of nitrogens with zero attached hydrogens (tertiary/aromatic N) is 4. The molecule has 46 heavy (non-hydrogen) atoms. The molecule has 4 aromatic rings. The average molecular weight is 621 g/mol. The normalized spacial score (nSPS) is 15.8. The summed E-state index contributed by atoms with van der Waals surface area (Å²) < 4.78 is 0. The molecular weight excluding hydrogens is 584 g/mol. The molecule has 1 fully saturated rings. The van der Waals surface area contributed by atoms with Gasteiger partial charge in [-0.3, -0.25) is 19.2 Å². The van der Waals surface area contributed by atoms with Crippen molar-refractivity contribution in [2.75, 3.05) is 21.3 Å². The Labute approximate surface area is 266 Å². The van der Waals surface area contributed by atoms with Crippen LogP contribution in [0.4, 0.5) is 23.0 Å². The predicted molar refractivity (Wildman–Crippen MR) is 174 cm³/mol. The van der Waals surface area contributed by atoms with Gasteiger partial charge in [0.15, 0.2) is 11.6 Å². The number of hydrogen-bond donors (Lipinski definition) is 4. The number of nitrogens with one attached hydrogen (secondary N) is 4. The minimum atomic E-state index is -0.259. The molecule has 0 radical (unpaired) electrons. The lowest BCUT2D eigenvalue weighted by atomic mass is 9.78. The van der Waals surface area contributed by atoms with E-state index in [0.717, 1.165) is 37.1 Å². The Kier molecular flexibility index (Phi) is 10.4. The maximum Gasteiger partial charge on any atom is 0.230 e. The minimum absolute atomic E-state index is 0.0836. The molecule has 12 nitrogen and oxygen atoms in total. The van der Waals surface area contributed by atoms with E-state index >= 15 is 0 Å². The van der Waals surface area contributed by atoms with E-state index in [-0.39, 0.29) is 48.3 Å². The summed E-state index contributed by atoms with van der Waals surface area (Å²) >= 11 is 0. The van der Waals surface area contributed by atoms with Gasteiger partial charge >= 0.3 is 0 Å². The molecule has 5 rings (SSSR count). The molecular formula is C34H36N8O4. The van der Waals surface area contributed by atoms with Crippen LogP contribution in [0.3, 0.4) is 0 Å². The molecule has 2 atom stereocenters. The van der Waals surface area contributed by atoms with Gasteiger partial charge in [0.05, 0.1) is 24.2 Å². The Bertz CT molecular complexity index is 1580. The van der Waals surface area contributed by atoms with Crippen molar-refractivity contribution in [3.05, 3.63) is 95.3 Å². The smallest absolute Gasteiger partial charge is 0.230 e. The van der Waals surface area contributed by atoms with Gasteiger partial charge in [-0.2, -0.15) is 10.2 Å². The summed E-state index contributed by atoms with van der Waals surface area (Å²) in [6, 6.07) is 21.7. The van der Waals surface area contributed by atoms with Crippen molar-refractivity contribution in [2.45, 2.75) is 64.2 Å². The van der Waals surface area contributed by atoms with Crippen LogP contribution in [-0.4, -0.2) is 44.0 Å². The highest BCUT2D eigenvalue weighted by molar-refractivity contribution is 5.95. The number of hydrogen-bond acceptors (Lipinski definition) is 8. The Morgan fingerprint density at radius 1 is 0.587 bits per heavy atom. The largest absolute Gasteiger partial charge is 0.326 e. The first kappa shape index (κ1) is 31.9. The first-order valence-corrected chi connectivity index (χ1v) is 15.2. The average Bonchev–Trinajstić information content (AvgIpc) is 3.03. The zero-order valence-corrected chi connectivity index (χ0v) is 25.7. The van der Waals surface area contributed by atoms with Gasteiger partial charge in [0, 0.05) is 37.1 Å². The molecule has 1 aliphatic rings. The van der Waals surface area contributed by atoms with Crippen molar-refractivity contribution in [3.63, 3.8) is 0 Å². The lowest BCUT2D eigenvalue weighted by Crippen LogP contribution is -2.19. The molecule has 0 aliphatic heterocycles. The van der Waals surface area contributed by atoms with Gasteiger partial charge in [0.2, 0.25) is 23.6 Å². The van der Waals surface area contributed by atoms with Crippen LogP contribution in [0, 0.1) is 0 Å². The van der Waals surface area contributed by atoms with Crippen molar-refractivity contribution in [2.24, 2.45) is 0 Å². The summed E-state index contributed by atoms with van der Waals surface area (Å²) in [7, 11) is 0. The quantitative estimate of drug-likeness (QED) is 0.192. The van der Waals surface area contributed by atoms with Crippen LogP contribution in [0.2, 0.25) is 0 Å². The Balaban J connectivity index is 1.14. The van der Waals surface area contributed by atoms with E-state index in [9.17, 15) is 19.2 Å². The van der Waals surface area contributed by atoms with E-state index < -0.39 is 0 Å². The summed E-state index contributed by atoms with van der Waals surface area (Å²) in [5.74, 6) is 0.172. The van der Waals surface area contributed by atoms with E-state index in [1.54, 1.807) is 48.5 Å². The molecule has 236 valence electrons. The number of aromatic nitrogens is 4. The molecule has 2 aromatic heterocycles. The molecule has 12 heteroatoms. The molecule has 2 heterocycles. The van der Waals surface area contributed by atoms with Gasteiger partial charge < -0.3 is 21.3 Å². The van der Waals surface area contributed by atoms with Crippen LogP contribution in [0.5, 0.6) is 0 Å². The van der Waals surface area contributed by atoms with Crippen LogP contribution in [0.25, 0.3) is 0 Å². The maximum absolute atomic E-state index is 12.7. The van der Waals surface area contributed by atoms with E-state index in [0.29, 0.717) is 34.1 Å². The SMILES string of the molecule is CC(=O)Nc1ccccc1CC(=O)Nc1ccc([C@H]2CCC[C@H](c3ccc(NC(=O)Cc4ccccc4NC(C)=O)nn3)C2)nn1. The number of anilines is 4. The molecule has 0 saturated heterocycles. The van der Waals surface area contributed by atoms with Gasteiger partial charge in [-0.1, -0.05) is 42.8 Å². The highest BCUT2D eigenvalue weighted by atomic mass is 16.2. The highest BCUT2D eigenvalue weighted by Crippen LogP contribution is 2.40. The second-order valence-corrected chi connectivity index (χ2v) is 11.4. The topological polar surface area (TPSA) is 168 Å². The second-order valence-electron chi connectivity index (χ2n) is 11.4. The van der Waals surface area contributed by atoms with E-state index in [2.05, 4.69) is 41.7 Å². The third kappa shape index (κ3) is 8.78. The second kappa shape index (κ2) is 15.0. The van der Waals surface area contributed by atoms with Gasteiger partial charge in [-0.05, 0) is 66.8 Å².